The fourth-order valence-electron chi connectivity index (χ4n) is 3.63. The zero-order chi connectivity index (χ0) is 13.9. The lowest BCUT2D eigenvalue weighted by Gasteiger charge is -2.42. The van der Waals surface area contributed by atoms with Gasteiger partial charge in [0.05, 0.1) is 6.10 Å². The molecule has 0 aromatic carbocycles. The average molecular weight is 270 g/mol. The number of aliphatic hydroxyl groups excluding tert-OH is 1. The summed E-state index contributed by atoms with van der Waals surface area (Å²) in [4.78, 5) is 0. The summed E-state index contributed by atoms with van der Waals surface area (Å²) < 4.78 is 6.52. The SMILES string of the molecule is CC(C)[Si](OC[C@@H]1C=C[C@H](O)C1)(C(C)C)C(C)C. The standard InChI is InChI=1S/C15H30O2Si/c1-11(2)18(12(3)4,13(5)6)17-10-14-7-8-15(16)9-14/h7-8,11-16H,9-10H2,1-6H3/t14-,15+/m1/s1. The summed E-state index contributed by atoms with van der Waals surface area (Å²) in [6, 6.07) is 0. The van der Waals surface area contributed by atoms with Gasteiger partial charge >= 0.3 is 0 Å². The minimum absolute atomic E-state index is 0.258. The summed E-state index contributed by atoms with van der Waals surface area (Å²) >= 11 is 0. The van der Waals surface area contributed by atoms with E-state index in [4.69, 9.17) is 4.43 Å². The van der Waals surface area contributed by atoms with Gasteiger partial charge in [-0.25, -0.2) is 0 Å². The molecule has 1 N–H and O–H groups in total. The summed E-state index contributed by atoms with van der Waals surface area (Å²) in [6.07, 6.45) is 4.59. The molecule has 0 aliphatic heterocycles. The molecule has 1 aliphatic rings. The van der Waals surface area contributed by atoms with Crippen LogP contribution in [0.1, 0.15) is 48.0 Å². The van der Waals surface area contributed by atoms with Crippen molar-refractivity contribution >= 4 is 8.32 Å². The quantitative estimate of drug-likeness (QED) is 0.581. The lowest BCUT2D eigenvalue weighted by atomic mass is 10.1. The smallest absolute Gasteiger partial charge is 0.200 e. The van der Waals surface area contributed by atoms with Crippen LogP contribution >= 0.6 is 0 Å². The molecule has 0 aromatic rings. The zero-order valence-electron chi connectivity index (χ0n) is 12.8. The van der Waals surface area contributed by atoms with Gasteiger partial charge in [-0.15, -0.1) is 0 Å². The van der Waals surface area contributed by atoms with Crippen LogP contribution in [0.15, 0.2) is 12.2 Å². The maximum Gasteiger partial charge on any atom is 0.200 e. The van der Waals surface area contributed by atoms with Gasteiger partial charge in [0, 0.05) is 12.5 Å². The van der Waals surface area contributed by atoms with Crippen LogP contribution in [0.25, 0.3) is 0 Å². The van der Waals surface area contributed by atoms with E-state index in [0.717, 1.165) is 13.0 Å². The van der Waals surface area contributed by atoms with Crippen molar-refractivity contribution < 1.29 is 9.53 Å². The number of rotatable bonds is 6. The molecule has 0 bridgehead atoms. The first kappa shape index (κ1) is 15.9. The van der Waals surface area contributed by atoms with Gasteiger partial charge in [-0.3, -0.25) is 0 Å². The van der Waals surface area contributed by atoms with E-state index in [1.807, 2.05) is 6.08 Å². The van der Waals surface area contributed by atoms with Crippen molar-refractivity contribution in [3.05, 3.63) is 12.2 Å². The Labute approximate surface area is 114 Å². The molecule has 0 saturated heterocycles. The van der Waals surface area contributed by atoms with E-state index in [1.165, 1.54) is 0 Å². The molecular weight excluding hydrogens is 240 g/mol. The van der Waals surface area contributed by atoms with Crippen LogP contribution in [-0.2, 0) is 4.43 Å². The molecule has 2 atom stereocenters. The maximum atomic E-state index is 9.53. The van der Waals surface area contributed by atoms with Crippen LogP contribution in [0.4, 0.5) is 0 Å². The normalized spacial score (nSPS) is 24.8. The fraction of sp³-hybridized carbons (Fsp3) is 0.867. The van der Waals surface area contributed by atoms with Crippen molar-refractivity contribution in [2.75, 3.05) is 6.61 Å². The largest absolute Gasteiger partial charge is 0.415 e. The minimum atomic E-state index is -1.73. The summed E-state index contributed by atoms with van der Waals surface area (Å²) in [7, 11) is -1.73. The van der Waals surface area contributed by atoms with Crippen molar-refractivity contribution in [3.8, 4) is 0 Å². The van der Waals surface area contributed by atoms with E-state index in [-0.39, 0.29) is 6.10 Å². The molecule has 0 unspecified atom stereocenters. The predicted octanol–water partition coefficient (Wildman–Crippen LogP) is 4.12. The van der Waals surface area contributed by atoms with Crippen LogP contribution in [-0.4, -0.2) is 26.1 Å². The molecule has 0 fully saturated rings. The van der Waals surface area contributed by atoms with Gasteiger partial charge in [0.25, 0.3) is 0 Å². The van der Waals surface area contributed by atoms with Crippen LogP contribution in [0.5, 0.6) is 0 Å². The van der Waals surface area contributed by atoms with Crippen LogP contribution < -0.4 is 0 Å². The van der Waals surface area contributed by atoms with E-state index < -0.39 is 8.32 Å². The van der Waals surface area contributed by atoms with Crippen molar-refractivity contribution in [2.45, 2.75) is 70.7 Å². The van der Waals surface area contributed by atoms with Gasteiger partial charge in [0.15, 0.2) is 8.32 Å². The molecule has 0 spiro atoms. The number of hydrogen-bond donors (Lipinski definition) is 1. The second-order valence-electron chi connectivity index (χ2n) is 6.58. The minimum Gasteiger partial charge on any atom is -0.415 e. The summed E-state index contributed by atoms with van der Waals surface area (Å²) in [6.45, 7) is 14.7. The summed E-state index contributed by atoms with van der Waals surface area (Å²) in [5.74, 6) is 0.406. The first-order valence-electron chi connectivity index (χ1n) is 7.31. The molecule has 3 heteroatoms. The highest BCUT2D eigenvalue weighted by atomic mass is 28.4. The first-order chi connectivity index (χ1) is 8.30. The van der Waals surface area contributed by atoms with E-state index in [0.29, 0.717) is 22.5 Å². The molecule has 106 valence electrons. The Morgan fingerprint density at radius 3 is 1.89 bits per heavy atom. The summed E-state index contributed by atoms with van der Waals surface area (Å²) in [5, 5.41) is 9.53. The predicted molar refractivity (Wildman–Crippen MR) is 80.3 cm³/mol. The van der Waals surface area contributed by atoms with Crippen molar-refractivity contribution in [2.24, 2.45) is 5.92 Å². The van der Waals surface area contributed by atoms with E-state index in [9.17, 15) is 5.11 Å². The van der Waals surface area contributed by atoms with E-state index in [1.54, 1.807) is 0 Å². The second kappa shape index (κ2) is 6.35. The molecule has 0 saturated carbocycles. The molecule has 0 radical (unpaired) electrons. The lowest BCUT2D eigenvalue weighted by Crippen LogP contribution is -2.48. The van der Waals surface area contributed by atoms with Crippen LogP contribution in [0.2, 0.25) is 16.6 Å². The zero-order valence-corrected chi connectivity index (χ0v) is 13.8. The molecule has 18 heavy (non-hydrogen) atoms. The van der Waals surface area contributed by atoms with Crippen LogP contribution in [0, 0.1) is 5.92 Å². The molecule has 0 amide bonds. The third kappa shape index (κ3) is 3.25. The van der Waals surface area contributed by atoms with E-state index in [2.05, 4.69) is 47.6 Å². The van der Waals surface area contributed by atoms with Gasteiger partial charge in [0.2, 0.25) is 0 Å². The molecular formula is C15H30O2Si. The monoisotopic (exact) mass is 270 g/mol. The highest BCUT2D eigenvalue weighted by molar-refractivity contribution is 6.77. The summed E-state index contributed by atoms with van der Waals surface area (Å²) in [5.41, 5.74) is 1.90. The molecule has 0 heterocycles. The highest BCUT2D eigenvalue weighted by Gasteiger charge is 2.45. The third-order valence-electron chi connectivity index (χ3n) is 4.40. The highest BCUT2D eigenvalue weighted by Crippen LogP contribution is 2.42. The Morgan fingerprint density at radius 1 is 1.06 bits per heavy atom. The Morgan fingerprint density at radius 2 is 1.56 bits per heavy atom. The average Bonchev–Trinajstić information content (AvgIpc) is 2.63. The van der Waals surface area contributed by atoms with Crippen molar-refractivity contribution in [1.29, 1.82) is 0 Å². The molecule has 1 aliphatic carbocycles. The third-order valence-corrected chi connectivity index (χ3v) is 10.5. The van der Waals surface area contributed by atoms with Crippen molar-refractivity contribution in [3.63, 3.8) is 0 Å². The van der Waals surface area contributed by atoms with Crippen LogP contribution in [0.3, 0.4) is 0 Å². The second-order valence-corrected chi connectivity index (χ2v) is 12.0. The maximum absolute atomic E-state index is 9.53. The molecule has 1 rings (SSSR count). The first-order valence-corrected chi connectivity index (χ1v) is 9.45. The Hall–Kier alpha value is -0.123. The Balaban J connectivity index is 2.70. The Kier molecular flexibility index (Phi) is 5.62. The molecule has 0 aromatic heterocycles. The Bertz CT molecular complexity index is 262. The number of aliphatic hydroxyl groups is 1. The number of hydrogen-bond acceptors (Lipinski definition) is 2. The van der Waals surface area contributed by atoms with Gasteiger partial charge in [-0.1, -0.05) is 53.7 Å². The van der Waals surface area contributed by atoms with Gasteiger partial charge < -0.3 is 9.53 Å². The van der Waals surface area contributed by atoms with Crippen molar-refractivity contribution in [1.82, 2.24) is 0 Å². The lowest BCUT2D eigenvalue weighted by molar-refractivity contribution is 0.180. The van der Waals surface area contributed by atoms with Gasteiger partial charge in [-0.05, 0) is 23.0 Å². The van der Waals surface area contributed by atoms with Gasteiger partial charge in [-0.2, -0.15) is 0 Å². The molecule has 2 nitrogen and oxygen atoms in total. The topological polar surface area (TPSA) is 29.5 Å². The van der Waals surface area contributed by atoms with Gasteiger partial charge in [0.1, 0.15) is 0 Å². The van der Waals surface area contributed by atoms with E-state index >= 15 is 0 Å². The fourth-order valence-corrected chi connectivity index (χ4v) is 9.13.